The Morgan fingerprint density at radius 3 is 2.70 bits per heavy atom. The lowest BCUT2D eigenvalue weighted by atomic mass is 10.0. The molecule has 0 aliphatic carbocycles. The number of nitrogens with zero attached hydrogens (tertiary/aromatic N) is 3. The van der Waals surface area contributed by atoms with Gasteiger partial charge in [0.1, 0.15) is 12.4 Å². The van der Waals surface area contributed by atoms with E-state index in [-0.39, 0.29) is 5.56 Å². The zero-order chi connectivity index (χ0) is 22.8. The van der Waals surface area contributed by atoms with Crippen molar-refractivity contribution in [3.63, 3.8) is 0 Å². The van der Waals surface area contributed by atoms with Crippen molar-refractivity contribution in [3.8, 4) is 11.4 Å². The second-order valence-corrected chi connectivity index (χ2v) is 8.43. The lowest BCUT2D eigenvalue weighted by Gasteiger charge is -2.27. The third-order valence-electron chi connectivity index (χ3n) is 6.41. The molecule has 170 valence electrons. The molecule has 0 spiro atoms. The van der Waals surface area contributed by atoms with Crippen molar-refractivity contribution in [1.82, 2.24) is 14.0 Å². The molecule has 0 fully saturated rings. The number of fused-ring (bicyclic) bond motifs is 3. The van der Waals surface area contributed by atoms with Gasteiger partial charge in [0.2, 0.25) is 0 Å². The third kappa shape index (κ3) is 4.30. The Hall–Kier alpha value is -3.39. The maximum Gasteiger partial charge on any atom is 0.258 e. The molecule has 0 saturated heterocycles. The van der Waals surface area contributed by atoms with Gasteiger partial charge in [-0.2, -0.15) is 0 Å². The topological polar surface area (TPSA) is 74.6 Å². The number of hydrogen-bond donors (Lipinski definition) is 1. The minimum Gasteiger partial charge on any atom is -0.489 e. The number of benzene rings is 2. The molecule has 0 radical (unpaired) electrons. The van der Waals surface area contributed by atoms with Crippen molar-refractivity contribution in [2.45, 2.75) is 19.6 Å². The highest BCUT2D eigenvalue weighted by Crippen LogP contribution is 2.31. The summed E-state index contributed by atoms with van der Waals surface area (Å²) in [6.45, 7) is 3.64. The van der Waals surface area contributed by atoms with Crippen LogP contribution in [0.1, 0.15) is 16.8 Å². The number of pyridine rings is 1. The first-order chi connectivity index (χ1) is 16.1. The van der Waals surface area contributed by atoms with Crippen molar-refractivity contribution in [2.75, 3.05) is 19.7 Å². The van der Waals surface area contributed by atoms with E-state index in [0.717, 1.165) is 42.8 Å². The summed E-state index contributed by atoms with van der Waals surface area (Å²) in [5.74, 6) is 5.77. The molecule has 1 aliphatic heterocycles. The third-order valence-corrected chi connectivity index (χ3v) is 6.41. The van der Waals surface area contributed by atoms with Crippen molar-refractivity contribution in [2.24, 2.45) is 12.9 Å². The molecule has 3 heterocycles. The molecule has 2 N–H and O–H groups in total. The van der Waals surface area contributed by atoms with Crippen molar-refractivity contribution < 1.29 is 9.57 Å². The van der Waals surface area contributed by atoms with E-state index >= 15 is 0 Å². The van der Waals surface area contributed by atoms with Crippen LogP contribution in [0.5, 0.6) is 5.75 Å². The zero-order valence-corrected chi connectivity index (χ0v) is 18.7. The molecule has 2 aromatic carbocycles. The van der Waals surface area contributed by atoms with Gasteiger partial charge in [-0.1, -0.05) is 36.4 Å². The molecule has 7 nitrogen and oxygen atoms in total. The van der Waals surface area contributed by atoms with Gasteiger partial charge in [-0.15, -0.1) is 0 Å². The molecule has 0 unspecified atom stereocenters. The molecule has 0 atom stereocenters. The first kappa shape index (κ1) is 21.5. The Morgan fingerprint density at radius 2 is 1.91 bits per heavy atom. The van der Waals surface area contributed by atoms with E-state index in [4.69, 9.17) is 15.5 Å². The minimum absolute atomic E-state index is 0.119. The zero-order valence-electron chi connectivity index (χ0n) is 18.7. The van der Waals surface area contributed by atoms with E-state index in [9.17, 15) is 4.79 Å². The van der Waals surface area contributed by atoms with E-state index in [1.54, 1.807) is 16.8 Å². The fourth-order valence-corrected chi connectivity index (χ4v) is 4.65. The molecular weight excluding hydrogens is 416 g/mol. The van der Waals surface area contributed by atoms with Crippen LogP contribution in [-0.4, -0.2) is 33.7 Å². The molecular formula is C26H28N4O3. The Morgan fingerprint density at radius 1 is 1.06 bits per heavy atom. The smallest absolute Gasteiger partial charge is 0.258 e. The van der Waals surface area contributed by atoms with Crippen LogP contribution in [0.2, 0.25) is 0 Å². The van der Waals surface area contributed by atoms with E-state index < -0.39 is 0 Å². The highest BCUT2D eigenvalue weighted by atomic mass is 16.6. The summed E-state index contributed by atoms with van der Waals surface area (Å²) in [4.78, 5) is 20.0. The van der Waals surface area contributed by atoms with Gasteiger partial charge in [-0.05, 0) is 29.3 Å². The van der Waals surface area contributed by atoms with Crippen LogP contribution in [-0.2, 0) is 31.5 Å². The van der Waals surface area contributed by atoms with Crippen LogP contribution in [0.15, 0.2) is 71.7 Å². The molecule has 4 aromatic rings. The Bertz CT molecular complexity index is 1330. The fourth-order valence-electron chi connectivity index (χ4n) is 4.65. The van der Waals surface area contributed by atoms with Crippen LogP contribution >= 0.6 is 0 Å². The normalized spacial score (nSPS) is 13.9. The molecule has 1 aliphatic rings. The van der Waals surface area contributed by atoms with Gasteiger partial charge < -0.3 is 14.1 Å². The van der Waals surface area contributed by atoms with Gasteiger partial charge >= 0.3 is 0 Å². The van der Waals surface area contributed by atoms with Crippen LogP contribution in [0.4, 0.5) is 0 Å². The predicted molar refractivity (Wildman–Crippen MR) is 128 cm³/mol. The van der Waals surface area contributed by atoms with E-state index in [1.807, 2.05) is 42.5 Å². The van der Waals surface area contributed by atoms with Crippen LogP contribution in [0.25, 0.3) is 16.6 Å². The maximum atomic E-state index is 12.9. The van der Waals surface area contributed by atoms with Gasteiger partial charge in [0.25, 0.3) is 5.56 Å². The SMILES string of the molecule is Cn1c2c(c3ccc(-n4ccc(OCc5ccccc5)cc4=O)cc31)CN(CCON)CC2. The monoisotopic (exact) mass is 444 g/mol. The lowest BCUT2D eigenvalue weighted by molar-refractivity contribution is 0.101. The second kappa shape index (κ2) is 9.23. The number of aryl methyl sites for hydroxylation is 1. The van der Waals surface area contributed by atoms with E-state index in [0.29, 0.717) is 19.0 Å². The van der Waals surface area contributed by atoms with Gasteiger partial charge in [0, 0.05) is 56.4 Å². The highest BCUT2D eigenvalue weighted by molar-refractivity contribution is 5.87. The molecule has 0 amide bonds. The molecule has 5 rings (SSSR count). The summed E-state index contributed by atoms with van der Waals surface area (Å²) in [6.07, 6.45) is 2.76. The number of aromatic nitrogens is 2. The quantitative estimate of drug-likeness (QED) is 0.443. The first-order valence-corrected chi connectivity index (χ1v) is 11.2. The number of ether oxygens (including phenoxy) is 1. The molecule has 7 heteroatoms. The Labute approximate surface area is 192 Å². The van der Waals surface area contributed by atoms with Crippen molar-refractivity contribution in [1.29, 1.82) is 0 Å². The lowest BCUT2D eigenvalue weighted by Crippen LogP contribution is -2.34. The molecule has 33 heavy (non-hydrogen) atoms. The van der Waals surface area contributed by atoms with Crippen LogP contribution in [0.3, 0.4) is 0 Å². The Balaban J connectivity index is 1.40. The molecule has 0 saturated carbocycles. The first-order valence-electron chi connectivity index (χ1n) is 11.2. The second-order valence-electron chi connectivity index (χ2n) is 8.43. The van der Waals surface area contributed by atoms with Crippen LogP contribution < -0.4 is 16.2 Å². The predicted octanol–water partition coefficient (Wildman–Crippen LogP) is 3.16. The number of nitrogens with two attached hydrogens (primary N) is 1. The summed E-state index contributed by atoms with van der Waals surface area (Å²) in [6, 6.07) is 19.5. The summed E-state index contributed by atoms with van der Waals surface area (Å²) in [5, 5.41) is 1.23. The fraction of sp³-hybridized carbons (Fsp3) is 0.269. The van der Waals surface area contributed by atoms with Crippen molar-refractivity contribution in [3.05, 3.63) is 94.0 Å². The number of hydrogen-bond acceptors (Lipinski definition) is 5. The summed E-state index contributed by atoms with van der Waals surface area (Å²) >= 11 is 0. The summed E-state index contributed by atoms with van der Waals surface area (Å²) in [5.41, 5.74) is 5.61. The van der Waals surface area contributed by atoms with Gasteiger partial charge in [-0.3, -0.25) is 14.3 Å². The number of rotatable bonds is 7. The van der Waals surface area contributed by atoms with Gasteiger partial charge in [-0.25, -0.2) is 5.90 Å². The van der Waals surface area contributed by atoms with E-state index in [1.165, 1.54) is 16.6 Å². The average molecular weight is 445 g/mol. The minimum atomic E-state index is -0.119. The Kier molecular flexibility index (Phi) is 6.00. The maximum absolute atomic E-state index is 12.9. The average Bonchev–Trinajstić information content (AvgIpc) is 3.13. The van der Waals surface area contributed by atoms with Crippen molar-refractivity contribution >= 4 is 10.9 Å². The largest absolute Gasteiger partial charge is 0.489 e. The van der Waals surface area contributed by atoms with Gasteiger partial charge in [0.15, 0.2) is 0 Å². The van der Waals surface area contributed by atoms with Gasteiger partial charge in [0.05, 0.1) is 17.8 Å². The van der Waals surface area contributed by atoms with E-state index in [2.05, 4.69) is 28.6 Å². The highest BCUT2D eigenvalue weighted by Gasteiger charge is 2.23. The van der Waals surface area contributed by atoms with Crippen LogP contribution in [0, 0.1) is 0 Å². The molecule has 0 bridgehead atoms. The summed E-state index contributed by atoms with van der Waals surface area (Å²) < 4.78 is 9.72. The molecule has 2 aromatic heterocycles. The standard InChI is InChI=1S/C26H28N4O3/c1-28-24-10-11-29(13-14-33-27)17-23(24)22-8-7-20(15-25(22)28)30-12-9-21(16-26(30)31)32-18-19-5-3-2-4-6-19/h2-9,12,15-16H,10-11,13-14,17-18,27H2,1H3. The summed E-state index contributed by atoms with van der Waals surface area (Å²) in [7, 11) is 2.10.